The van der Waals surface area contributed by atoms with Crippen LogP contribution in [0.25, 0.3) is 0 Å². The second-order valence-electron chi connectivity index (χ2n) is 8.04. The summed E-state index contributed by atoms with van der Waals surface area (Å²) < 4.78 is 15.5. The third-order valence-electron chi connectivity index (χ3n) is 5.10. The van der Waals surface area contributed by atoms with Gasteiger partial charge < -0.3 is 24.8 Å². The summed E-state index contributed by atoms with van der Waals surface area (Å²) in [6, 6.07) is 25.8. The molecule has 0 spiro atoms. The van der Waals surface area contributed by atoms with Gasteiger partial charge in [0.25, 0.3) is 6.23 Å². The van der Waals surface area contributed by atoms with E-state index in [0.717, 1.165) is 18.1 Å². The second kappa shape index (κ2) is 14.0. The molecule has 3 aromatic carbocycles. The molecule has 0 aliphatic heterocycles. The molecule has 0 saturated heterocycles. The average Bonchev–Trinajstić information content (AvgIpc) is 2.91. The topological polar surface area (TPSA) is 120 Å². The molecule has 2 atom stereocenters. The third-order valence-corrected chi connectivity index (χ3v) is 5.10. The highest BCUT2D eigenvalue weighted by atomic mass is 16.6. The van der Waals surface area contributed by atoms with Crippen molar-refractivity contribution in [2.45, 2.75) is 38.8 Å². The Morgan fingerprint density at radius 1 is 0.676 bits per heavy atom. The van der Waals surface area contributed by atoms with Crippen LogP contribution in [0.5, 0.6) is 0 Å². The molecule has 0 heterocycles. The van der Waals surface area contributed by atoms with Crippen LogP contribution >= 0.6 is 0 Å². The zero-order valence-electron chi connectivity index (χ0n) is 20.3. The summed E-state index contributed by atoms with van der Waals surface area (Å²) in [6.45, 7) is 1.03. The number of nitrogens with one attached hydrogen (secondary N) is 2. The molecule has 9 nitrogen and oxygen atoms in total. The van der Waals surface area contributed by atoms with Gasteiger partial charge in [-0.3, -0.25) is 9.59 Å². The normalized spacial score (nSPS) is 11.9. The Bertz CT molecular complexity index is 1170. The van der Waals surface area contributed by atoms with Gasteiger partial charge in [-0.1, -0.05) is 91.0 Å². The molecule has 0 aliphatic carbocycles. The minimum Gasteiger partial charge on any atom is -0.457 e. The summed E-state index contributed by atoms with van der Waals surface area (Å²) in [5.74, 6) is -2.52. The van der Waals surface area contributed by atoms with Crippen LogP contribution in [0, 0.1) is 0 Å². The lowest BCUT2D eigenvalue weighted by Crippen LogP contribution is -2.54. The van der Waals surface area contributed by atoms with Gasteiger partial charge in [0.2, 0.25) is 5.91 Å². The molecule has 3 aromatic rings. The van der Waals surface area contributed by atoms with Crippen molar-refractivity contribution in [3.05, 3.63) is 108 Å². The predicted octanol–water partition coefficient (Wildman–Crippen LogP) is 3.27. The van der Waals surface area contributed by atoms with Gasteiger partial charge in [0, 0.05) is 13.3 Å². The molecule has 0 bridgehead atoms. The van der Waals surface area contributed by atoms with Crippen LogP contribution in [0.4, 0.5) is 4.79 Å². The number of esters is 2. The zero-order chi connectivity index (χ0) is 26.5. The van der Waals surface area contributed by atoms with E-state index in [2.05, 4.69) is 10.6 Å². The first kappa shape index (κ1) is 26.9. The Morgan fingerprint density at radius 3 is 1.68 bits per heavy atom. The molecule has 2 N–H and O–H groups in total. The van der Waals surface area contributed by atoms with Crippen LogP contribution in [0.3, 0.4) is 0 Å². The average molecular weight is 505 g/mol. The van der Waals surface area contributed by atoms with Crippen LogP contribution in [-0.4, -0.2) is 36.2 Å². The number of ether oxygens (including phenoxy) is 3. The minimum atomic E-state index is -1.70. The lowest BCUT2D eigenvalue weighted by Gasteiger charge is -2.22. The monoisotopic (exact) mass is 504 g/mol. The van der Waals surface area contributed by atoms with Gasteiger partial charge in [0.15, 0.2) is 0 Å². The van der Waals surface area contributed by atoms with E-state index in [1.807, 2.05) is 30.3 Å². The predicted molar refractivity (Wildman–Crippen MR) is 134 cm³/mol. The summed E-state index contributed by atoms with van der Waals surface area (Å²) in [4.78, 5) is 49.9. The highest BCUT2D eigenvalue weighted by Crippen LogP contribution is 2.08. The number of hydrogen-bond acceptors (Lipinski definition) is 7. The van der Waals surface area contributed by atoms with Crippen molar-refractivity contribution < 1.29 is 33.4 Å². The lowest BCUT2D eigenvalue weighted by molar-refractivity contribution is -0.171. The van der Waals surface area contributed by atoms with E-state index in [4.69, 9.17) is 14.2 Å². The second-order valence-corrected chi connectivity index (χ2v) is 8.04. The summed E-state index contributed by atoms with van der Waals surface area (Å²) in [7, 11) is 0. The zero-order valence-corrected chi connectivity index (χ0v) is 20.3. The maximum Gasteiger partial charge on any atom is 0.408 e. The fraction of sp³-hybridized carbons (Fsp3) is 0.214. The Balaban J connectivity index is 1.67. The Hall–Kier alpha value is -4.66. The lowest BCUT2D eigenvalue weighted by atomic mass is 10.1. The fourth-order valence-corrected chi connectivity index (χ4v) is 3.30. The molecular formula is C28H28N2O7. The van der Waals surface area contributed by atoms with E-state index in [-0.39, 0.29) is 19.6 Å². The molecule has 0 fully saturated rings. The van der Waals surface area contributed by atoms with Crippen LogP contribution in [0.15, 0.2) is 91.0 Å². The van der Waals surface area contributed by atoms with E-state index in [0.29, 0.717) is 5.56 Å². The smallest absolute Gasteiger partial charge is 0.408 e. The van der Waals surface area contributed by atoms with Crippen LogP contribution in [0.2, 0.25) is 0 Å². The van der Waals surface area contributed by atoms with E-state index in [9.17, 15) is 19.2 Å². The largest absolute Gasteiger partial charge is 0.457 e. The summed E-state index contributed by atoms with van der Waals surface area (Å²) in [5.41, 5.74) is 2.24. The maximum atomic E-state index is 13.1. The van der Waals surface area contributed by atoms with E-state index >= 15 is 0 Å². The summed E-state index contributed by atoms with van der Waals surface area (Å²) >= 11 is 0. The van der Waals surface area contributed by atoms with Crippen molar-refractivity contribution in [1.82, 2.24) is 10.6 Å². The van der Waals surface area contributed by atoms with Gasteiger partial charge in [-0.25, -0.2) is 9.59 Å². The minimum absolute atomic E-state index is 0.00817. The number of carbonyl (C=O) groups excluding carboxylic acids is 4. The highest BCUT2D eigenvalue weighted by Gasteiger charge is 2.30. The van der Waals surface area contributed by atoms with Crippen LogP contribution in [0.1, 0.15) is 23.6 Å². The van der Waals surface area contributed by atoms with Gasteiger partial charge in [0.05, 0.1) is 0 Å². The molecular weight excluding hydrogens is 476 g/mol. The number of carbonyl (C=O) groups is 4. The van der Waals surface area contributed by atoms with Crippen molar-refractivity contribution >= 4 is 23.9 Å². The van der Waals surface area contributed by atoms with E-state index in [1.165, 1.54) is 0 Å². The quantitative estimate of drug-likeness (QED) is 0.234. The number of rotatable bonds is 11. The maximum absolute atomic E-state index is 13.1. The number of benzene rings is 3. The molecule has 0 aliphatic rings. The first-order valence-corrected chi connectivity index (χ1v) is 11.6. The van der Waals surface area contributed by atoms with Crippen LogP contribution < -0.4 is 10.6 Å². The fourth-order valence-electron chi connectivity index (χ4n) is 3.30. The third kappa shape index (κ3) is 9.48. The standard InChI is InChI=1S/C28H28N2O7/c1-20(31)37-26(27(33)35-18-22-13-7-3-8-14-22)30-25(32)24(17-21-11-5-2-6-12-21)29-28(34)36-19-23-15-9-4-10-16-23/h2-16,24,26H,17-19H2,1H3,(H,29,34)(H,30,32)/t24-,26?/m0/s1. The van der Waals surface area contributed by atoms with Gasteiger partial charge in [-0.05, 0) is 16.7 Å². The number of amides is 2. The number of hydrogen-bond donors (Lipinski definition) is 2. The first-order chi connectivity index (χ1) is 17.9. The van der Waals surface area contributed by atoms with Gasteiger partial charge in [-0.2, -0.15) is 0 Å². The molecule has 2 amide bonds. The van der Waals surface area contributed by atoms with Crippen molar-refractivity contribution in [2.24, 2.45) is 0 Å². The SMILES string of the molecule is CC(=O)OC(NC(=O)[C@H](Cc1ccccc1)NC(=O)OCc1ccccc1)C(=O)OCc1ccccc1. The summed E-state index contributed by atoms with van der Waals surface area (Å²) in [5, 5.41) is 4.88. The molecule has 192 valence electrons. The number of alkyl carbamates (subject to hydrolysis) is 1. The Labute approximate surface area is 214 Å². The molecule has 0 saturated carbocycles. The van der Waals surface area contributed by atoms with Crippen LogP contribution in [-0.2, 0) is 48.2 Å². The highest BCUT2D eigenvalue weighted by molar-refractivity contribution is 5.90. The van der Waals surface area contributed by atoms with E-state index < -0.39 is 36.2 Å². The molecule has 1 unspecified atom stereocenters. The van der Waals surface area contributed by atoms with E-state index in [1.54, 1.807) is 60.7 Å². The Morgan fingerprint density at radius 2 is 1.16 bits per heavy atom. The molecule has 0 aromatic heterocycles. The van der Waals surface area contributed by atoms with Gasteiger partial charge in [0.1, 0.15) is 19.3 Å². The van der Waals surface area contributed by atoms with Crippen molar-refractivity contribution in [3.63, 3.8) is 0 Å². The van der Waals surface area contributed by atoms with Crippen molar-refractivity contribution in [1.29, 1.82) is 0 Å². The first-order valence-electron chi connectivity index (χ1n) is 11.6. The van der Waals surface area contributed by atoms with Crippen molar-refractivity contribution in [3.8, 4) is 0 Å². The Kier molecular flexibility index (Phi) is 10.2. The van der Waals surface area contributed by atoms with Gasteiger partial charge in [-0.15, -0.1) is 0 Å². The molecule has 0 radical (unpaired) electrons. The van der Waals surface area contributed by atoms with Gasteiger partial charge >= 0.3 is 18.0 Å². The molecule has 9 heteroatoms. The molecule has 37 heavy (non-hydrogen) atoms. The van der Waals surface area contributed by atoms with Crippen molar-refractivity contribution in [2.75, 3.05) is 0 Å². The summed E-state index contributed by atoms with van der Waals surface area (Å²) in [6.07, 6.45) is -2.43. The molecule has 3 rings (SSSR count).